The molecule has 2 N–H and O–H groups in total. The van der Waals surface area contributed by atoms with Crippen LogP contribution in [-0.4, -0.2) is 17.9 Å². The Morgan fingerprint density at radius 1 is 1.00 bits per heavy atom. The fraction of sp³-hybridized carbons (Fsp3) is 0.167. The molecule has 0 fully saturated rings. The highest BCUT2D eigenvalue weighted by Crippen LogP contribution is 2.14. The van der Waals surface area contributed by atoms with E-state index in [9.17, 15) is 14.0 Å². The van der Waals surface area contributed by atoms with E-state index in [1.165, 1.54) is 18.2 Å². The molecule has 0 spiro atoms. The molecule has 0 aliphatic carbocycles. The zero-order valence-corrected chi connectivity index (χ0v) is 17.4. The van der Waals surface area contributed by atoms with Crippen LogP contribution in [0.3, 0.4) is 0 Å². The zero-order chi connectivity index (χ0) is 21.5. The third-order valence-electron chi connectivity index (χ3n) is 4.34. The largest absolute Gasteiger partial charge is 0.340 e. The van der Waals surface area contributed by atoms with Gasteiger partial charge in [0.05, 0.1) is 10.4 Å². The number of benzene rings is 2. The maximum Gasteiger partial charge on any atom is 0.254 e. The van der Waals surface area contributed by atoms with E-state index in [-0.39, 0.29) is 17.4 Å². The van der Waals surface area contributed by atoms with Gasteiger partial charge in [0, 0.05) is 11.3 Å². The number of nitrogens with one attached hydrogen (secondary N) is 2. The van der Waals surface area contributed by atoms with E-state index in [0.29, 0.717) is 5.69 Å². The number of rotatable bonds is 5. The first-order valence-electron chi connectivity index (χ1n) is 9.46. The van der Waals surface area contributed by atoms with Gasteiger partial charge in [-0.15, -0.1) is 11.3 Å². The molecule has 0 aliphatic rings. The maximum atomic E-state index is 13.9. The van der Waals surface area contributed by atoms with Crippen LogP contribution in [0.5, 0.6) is 0 Å². The van der Waals surface area contributed by atoms with Crippen molar-refractivity contribution in [1.29, 1.82) is 0 Å². The lowest BCUT2D eigenvalue weighted by Crippen LogP contribution is -2.47. The van der Waals surface area contributed by atoms with Crippen LogP contribution >= 0.6 is 11.3 Å². The summed E-state index contributed by atoms with van der Waals surface area (Å²) < 4.78 is 13.9. The summed E-state index contributed by atoms with van der Waals surface area (Å²) >= 11 is 1.56. The van der Waals surface area contributed by atoms with Crippen LogP contribution in [0.25, 0.3) is 0 Å². The summed E-state index contributed by atoms with van der Waals surface area (Å²) in [6, 6.07) is 15.9. The van der Waals surface area contributed by atoms with Crippen LogP contribution < -0.4 is 10.6 Å². The zero-order valence-electron chi connectivity index (χ0n) is 16.6. The van der Waals surface area contributed by atoms with Gasteiger partial charge in [-0.25, -0.2) is 4.39 Å². The number of thiophene rings is 1. The van der Waals surface area contributed by atoms with Gasteiger partial charge in [-0.3, -0.25) is 9.59 Å². The van der Waals surface area contributed by atoms with Gasteiger partial charge in [-0.2, -0.15) is 0 Å². The topological polar surface area (TPSA) is 58.2 Å². The first-order valence-corrected chi connectivity index (χ1v) is 10.3. The highest BCUT2D eigenvalue weighted by Gasteiger charge is 2.25. The second-order valence-electron chi connectivity index (χ2n) is 6.97. The average Bonchev–Trinajstić information content (AvgIpc) is 3.24. The Morgan fingerprint density at radius 2 is 1.80 bits per heavy atom. The predicted octanol–water partition coefficient (Wildman–Crippen LogP) is 4.68. The van der Waals surface area contributed by atoms with Gasteiger partial charge in [-0.1, -0.05) is 50.0 Å². The number of amides is 2. The van der Waals surface area contributed by atoms with E-state index in [0.717, 1.165) is 10.4 Å². The molecule has 152 valence electrons. The summed E-state index contributed by atoms with van der Waals surface area (Å²) in [6.45, 7) is 3.63. The molecule has 1 atom stereocenters. The molecule has 1 aromatic heterocycles. The van der Waals surface area contributed by atoms with E-state index < -0.39 is 17.8 Å². The van der Waals surface area contributed by atoms with E-state index in [4.69, 9.17) is 0 Å². The highest BCUT2D eigenvalue weighted by molar-refractivity contribution is 7.10. The molecule has 2 amide bonds. The molecule has 1 heterocycles. The number of hydrogen-bond acceptors (Lipinski definition) is 3. The summed E-state index contributed by atoms with van der Waals surface area (Å²) in [7, 11) is 0. The fourth-order valence-electron chi connectivity index (χ4n) is 2.78. The smallest absolute Gasteiger partial charge is 0.254 e. The average molecular weight is 421 g/mol. The Kier molecular flexibility index (Phi) is 6.99. The van der Waals surface area contributed by atoms with Crippen molar-refractivity contribution < 1.29 is 14.0 Å². The van der Waals surface area contributed by atoms with Crippen LogP contribution in [0.15, 0.2) is 66.0 Å². The van der Waals surface area contributed by atoms with Crippen LogP contribution in [-0.2, 0) is 4.79 Å². The van der Waals surface area contributed by atoms with E-state index >= 15 is 0 Å². The molecule has 1 unspecified atom stereocenters. The minimum atomic E-state index is -0.821. The van der Waals surface area contributed by atoms with Crippen LogP contribution in [0.1, 0.15) is 34.6 Å². The molecule has 0 aliphatic heterocycles. The summed E-state index contributed by atoms with van der Waals surface area (Å²) in [5, 5.41) is 7.41. The summed E-state index contributed by atoms with van der Waals surface area (Å²) in [6.07, 6.45) is 0. The minimum Gasteiger partial charge on any atom is -0.340 e. The SMILES string of the molecule is CC(C)C(NC(=O)c1ccccc1F)C(=O)Nc1cccc(C#Cc2cccs2)c1. The van der Waals surface area contributed by atoms with Crippen molar-refractivity contribution in [2.24, 2.45) is 5.92 Å². The van der Waals surface area contributed by atoms with Gasteiger partial charge in [0.25, 0.3) is 5.91 Å². The second-order valence-corrected chi connectivity index (χ2v) is 7.92. The third kappa shape index (κ3) is 5.56. The Bertz CT molecular complexity index is 1100. The molecule has 6 heteroatoms. The van der Waals surface area contributed by atoms with Crippen LogP contribution in [0.4, 0.5) is 10.1 Å². The van der Waals surface area contributed by atoms with Crippen molar-refractivity contribution in [3.05, 3.63) is 87.9 Å². The number of hydrogen-bond donors (Lipinski definition) is 2. The Labute approximate surface area is 179 Å². The van der Waals surface area contributed by atoms with Crippen molar-refractivity contribution in [3.8, 4) is 11.8 Å². The summed E-state index contributed by atoms with van der Waals surface area (Å²) in [4.78, 5) is 26.2. The fourth-order valence-corrected chi connectivity index (χ4v) is 3.35. The second kappa shape index (κ2) is 9.86. The van der Waals surface area contributed by atoms with Gasteiger partial charge in [-0.05, 0) is 47.7 Å². The van der Waals surface area contributed by atoms with Crippen molar-refractivity contribution in [2.75, 3.05) is 5.32 Å². The highest BCUT2D eigenvalue weighted by atomic mass is 32.1. The first kappa shape index (κ1) is 21.3. The number of carbonyl (C=O) groups is 2. The van der Waals surface area contributed by atoms with Crippen LogP contribution in [0, 0.1) is 23.6 Å². The first-order chi connectivity index (χ1) is 14.4. The number of anilines is 1. The van der Waals surface area contributed by atoms with E-state index in [1.807, 2.05) is 37.4 Å². The van der Waals surface area contributed by atoms with Crippen LogP contribution in [0.2, 0.25) is 0 Å². The Balaban J connectivity index is 1.71. The van der Waals surface area contributed by atoms with Gasteiger partial charge in [0.1, 0.15) is 11.9 Å². The predicted molar refractivity (Wildman–Crippen MR) is 118 cm³/mol. The lowest BCUT2D eigenvalue weighted by atomic mass is 10.0. The summed E-state index contributed by atoms with van der Waals surface area (Å²) in [5.74, 6) is 4.32. The third-order valence-corrected chi connectivity index (χ3v) is 5.12. The van der Waals surface area contributed by atoms with Gasteiger partial charge in [0.15, 0.2) is 0 Å². The standard InChI is InChI=1S/C24H21FN2O2S/c1-16(2)22(27-23(28)20-10-3-4-11-21(20)25)24(29)26-18-8-5-7-17(15-18)12-13-19-9-6-14-30-19/h3-11,14-16,22H,1-2H3,(H,26,29)(H,27,28). The Hall–Kier alpha value is -3.43. The van der Waals surface area contributed by atoms with E-state index in [1.54, 1.807) is 35.6 Å². The van der Waals surface area contributed by atoms with Gasteiger partial charge >= 0.3 is 0 Å². The Morgan fingerprint density at radius 3 is 2.50 bits per heavy atom. The molecular weight excluding hydrogens is 399 g/mol. The lowest BCUT2D eigenvalue weighted by molar-refractivity contribution is -0.118. The van der Waals surface area contributed by atoms with Gasteiger partial charge < -0.3 is 10.6 Å². The van der Waals surface area contributed by atoms with Crippen molar-refractivity contribution in [1.82, 2.24) is 5.32 Å². The minimum absolute atomic E-state index is 0.0956. The lowest BCUT2D eigenvalue weighted by Gasteiger charge is -2.22. The molecule has 3 rings (SSSR count). The molecule has 0 saturated heterocycles. The summed E-state index contributed by atoms with van der Waals surface area (Å²) in [5.41, 5.74) is 1.24. The number of halogens is 1. The molecule has 0 radical (unpaired) electrons. The quantitative estimate of drug-likeness (QED) is 0.589. The monoisotopic (exact) mass is 420 g/mol. The maximum absolute atomic E-state index is 13.9. The van der Waals surface area contributed by atoms with Crippen molar-refractivity contribution in [2.45, 2.75) is 19.9 Å². The normalized spacial score (nSPS) is 11.3. The molecule has 0 saturated carbocycles. The number of carbonyl (C=O) groups excluding carboxylic acids is 2. The van der Waals surface area contributed by atoms with Crippen molar-refractivity contribution in [3.63, 3.8) is 0 Å². The van der Waals surface area contributed by atoms with E-state index in [2.05, 4.69) is 22.5 Å². The molecule has 4 nitrogen and oxygen atoms in total. The molecule has 2 aromatic carbocycles. The van der Waals surface area contributed by atoms with Crippen molar-refractivity contribution >= 4 is 28.8 Å². The molecule has 3 aromatic rings. The van der Waals surface area contributed by atoms with Gasteiger partial charge in [0.2, 0.25) is 5.91 Å². The molecule has 30 heavy (non-hydrogen) atoms. The molecular formula is C24H21FN2O2S. The molecule has 0 bridgehead atoms.